The normalized spacial score (nSPS) is 12.4. The van der Waals surface area contributed by atoms with Gasteiger partial charge in [0, 0.05) is 16.5 Å². The highest BCUT2D eigenvalue weighted by Crippen LogP contribution is 2.56. The van der Waals surface area contributed by atoms with E-state index in [0.717, 1.165) is 22.5 Å². The second-order valence-corrected chi connectivity index (χ2v) is 14.5. The molecule has 0 N–H and O–H groups in total. The van der Waals surface area contributed by atoms with Crippen LogP contribution < -0.4 is 4.90 Å². The summed E-state index contributed by atoms with van der Waals surface area (Å²) >= 11 is 0. The Bertz CT molecular complexity index is 2560. The number of rotatable bonds is 8. The Morgan fingerprint density at radius 1 is 0.352 bits per heavy atom. The average molecular weight is 692 g/mol. The van der Waals surface area contributed by atoms with Crippen LogP contribution >= 0.6 is 0 Å². The number of anilines is 3. The lowest BCUT2D eigenvalue weighted by molar-refractivity contribution is 0.661. The third kappa shape index (κ3) is 5.75. The lowest BCUT2D eigenvalue weighted by Crippen LogP contribution is -2.21. The molecule has 0 radical (unpaired) electrons. The Labute approximate surface area is 319 Å². The van der Waals surface area contributed by atoms with Crippen LogP contribution in [0.15, 0.2) is 212 Å². The molecule has 8 aromatic carbocycles. The number of hydrogen-bond donors (Lipinski definition) is 0. The van der Waals surface area contributed by atoms with Crippen molar-refractivity contribution in [2.24, 2.45) is 0 Å². The van der Waals surface area contributed by atoms with Crippen molar-refractivity contribution in [3.8, 4) is 22.3 Å². The quantitative estimate of drug-likeness (QED) is 0.143. The molecule has 1 aliphatic rings. The molecule has 1 heteroatoms. The summed E-state index contributed by atoms with van der Waals surface area (Å²) in [5.41, 5.74) is 17.9. The highest BCUT2D eigenvalue weighted by atomic mass is 15.2. The number of benzene rings is 8. The molecule has 258 valence electrons. The van der Waals surface area contributed by atoms with Crippen LogP contribution in [0.2, 0.25) is 0 Å². The SMILES string of the molecule is CC1(C)c2ccccc2-c2cccc(N(c3ccccc3C(=C(c3ccccc3)c3ccccc3)c3ccccc3)c3ccccc3-c3ccccc3)c21. The van der Waals surface area contributed by atoms with E-state index in [9.17, 15) is 0 Å². The van der Waals surface area contributed by atoms with Crippen molar-refractivity contribution in [2.45, 2.75) is 19.3 Å². The summed E-state index contributed by atoms with van der Waals surface area (Å²) in [6, 6.07) is 77.1. The van der Waals surface area contributed by atoms with Gasteiger partial charge in [-0.2, -0.15) is 0 Å². The monoisotopic (exact) mass is 691 g/mol. The minimum Gasteiger partial charge on any atom is -0.309 e. The van der Waals surface area contributed by atoms with Crippen LogP contribution in [0.1, 0.15) is 47.2 Å². The summed E-state index contributed by atoms with van der Waals surface area (Å²) < 4.78 is 0. The standard InChI is InChI=1S/C53H41N/c1-53(2)46-34-18-15-31-43(46)44-33-21-37-49(52(44)53)54(47-35-19-16-30-42(47)38-22-7-3-8-23-38)48-36-20-17-32-45(48)51(41-28-13-6-14-29-41)50(39-24-9-4-10-25-39)40-26-11-5-12-27-40/h3-37H,1-2H3. The third-order valence-corrected chi connectivity index (χ3v) is 10.9. The van der Waals surface area contributed by atoms with E-state index in [1.54, 1.807) is 0 Å². The zero-order valence-electron chi connectivity index (χ0n) is 30.7. The maximum Gasteiger partial charge on any atom is 0.0540 e. The van der Waals surface area contributed by atoms with E-state index in [4.69, 9.17) is 0 Å². The zero-order chi connectivity index (χ0) is 36.5. The topological polar surface area (TPSA) is 3.24 Å². The maximum absolute atomic E-state index is 2.54. The minimum absolute atomic E-state index is 0.227. The van der Waals surface area contributed by atoms with E-state index >= 15 is 0 Å². The summed E-state index contributed by atoms with van der Waals surface area (Å²) in [6.45, 7) is 4.76. The van der Waals surface area contributed by atoms with E-state index in [1.165, 1.54) is 61.3 Å². The number of hydrogen-bond acceptors (Lipinski definition) is 1. The van der Waals surface area contributed by atoms with Gasteiger partial charge in [0.1, 0.15) is 0 Å². The molecule has 0 aliphatic heterocycles. The first-order chi connectivity index (χ1) is 26.6. The summed E-state index contributed by atoms with van der Waals surface area (Å²) in [5.74, 6) is 0. The van der Waals surface area contributed by atoms with Gasteiger partial charge in [-0.3, -0.25) is 0 Å². The van der Waals surface area contributed by atoms with Gasteiger partial charge in [-0.05, 0) is 73.9 Å². The first-order valence-electron chi connectivity index (χ1n) is 18.8. The van der Waals surface area contributed by atoms with Gasteiger partial charge in [0.25, 0.3) is 0 Å². The number of fused-ring (bicyclic) bond motifs is 3. The Morgan fingerprint density at radius 3 is 1.43 bits per heavy atom. The van der Waals surface area contributed by atoms with Gasteiger partial charge in [-0.25, -0.2) is 0 Å². The Morgan fingerprint density at radius 2 is 0.796 bits per heavy atom. The van der Waals surface area contributed by atoms with Crippen LogP contribution in [0.3, 0.4) is 0 Å². The molecule has 0 heterocycles. The second kappa shape index (κ2) is 14.0. The zero-order valence-corrected chi connectivity index (χ0v) is 30.7. The van der Waals surface area contributed by atoms with Gasteiger partial charge in [-0.1, -0.05) is 208 Å². The molecule has 0 saturated heterocycles. The lowest BCUT2D eigenvalue weighted by atomic mass is 9.81. The first-order valence-corrected chi connectivity index (χ1v) is 18.8. The summed E-state index contributed by atoms with van der Waals surface area (Å²) in [7, 11) is 0. The predicted molar refractivity (Wildman–Crippen MR) is 228 cm³/mol. The Balaban J connectivity index is 1.41. The van der Waals surface area contributed by atoms with Crippen molar-refractivity contribution < 1.29 is 0 Å². The van der Waals surface area contributed by atoms with Crippen LogP contribution in [0, 0.1) is 0 Å². The molecule has 1 nitrogen and oxygen atoms in total. The van der Waals surface area contributed by atoms with Gasteiger partial charge in [0.05, 0.1) is 17.1 Å². The Kier molecular flexibility index (Phi) is 8.61. The van der Waals surface area contributed by atoms with Crippen molar-refractivity contribution in [2.75, 3.05) is 4.90 Å². The highest BCUT2D eigenvalue weighted by Gasteiger charge is 2.39. The fourth-order valence-electron chi connectivity index (χ4n) is 8.51. The third-order valence-electron chi connectivity index (χ3n) is 10.9. The number of nitrogens with zero attached hydrogens (tertiary/aromatic N) is 1. The van der Waals surface area contributed by atoms with E-state index in [0.29, 0.717) is 0 Å². The summed E-state index contributed by atoms with van der Waals surface area (Å²) in [4.78, 5) is 2.54. The van der Waals surface area contributed by atoms with Crippen LogP contribution in [-0.4, -0.2) is 0 Å². The van der Waals surface area contributed by atoms with Crippen LogP contribution in [0.25, 0.3) is 33.4 Å². The van der Waals surface area contributed by atoms with E-state index in [2.05, 4.69) is 231 Å². The molecule has 0 bridgehead atoms. The molecule has 8 aromatic rings. The number of para-hydroxylation sites is 2. The largest absolute Gasteiger partial charge is 0.309 e. The molecular weight excluding hydrogens is 651 g/mol. The van der Waals surface area contributed by atoms with Gasteiger partial charge in [0.15, 0.2) is 0 Å². The molecule has 0 fully saturated rings. The maximum atomic E-state index is 2.54. The molecular formula is C53H41N. The molecule has 0 saturated carbocycles. The molecule has 0 amide bonds. The fraction of sp³-hybridized carbons (Fsp3) is 0.0566. The van der Waals surface area contributed by atoms with E-state index < -0.39 is 0 Å². The molecule has 9 rings (SSSR count). The van der Waals surface area contributed by atoms with Crippen molar-refractivity contribution >= 4 is 28.2 Å². The van der Waals surface area contributed by atoms with Crippen molar-refractivity contribution in [3.05, 3.63) is 246 Å². The van der Waals surface area contributed by atoms with Crippen molar-refractivity contribution in [3.63, 3.8) is 0 Å². The summed E-state index contributed by atoms with van der Waals surface area (Å²) in [5, 5.41) is 0. The molecule has 0 atom stereocenters. The predicted octanol–water partition coefficient (Wildman–Crippen LogP) is 14.1. The molecule has 0 aromatic heterocycles. The fourth-order valence-corrected chi connectivity index (χ4v) is 8.51. The average Bonchev–Trinajstić information content (AvgIpc) is 3.48. The molecule has 0 unspecified atom stereocenters. The van der Waals surface area contributed by atoms with Crippen LogP contribution in [0.5, 0.6) is 0 Å². The first kappa shape index (κ1) is 33.2. The van der Waals surface area contributed by atoms with Gasteiger partial charge < -0.3 is 4.90 Å². The molecule has 54 heavy (non-hydrogen) atoms. The van der Waals surface area contributed by atoms with Crippen molar-refractivity contribution in [1.82, 2.24) is 0 Å². The Hall–Kier alpha value is -6.70. The van der Waals surface area contributed by atoms with Gasteiger partial charge >= 0.3 is 0 Å². The van der Waals surface area contributed by atoms with Gasteiger partial charge in [-0.15, -0.1) is 0 Å². The van der Waals surface area contributed by atoms with Crippen LogP contribution in [-0.2, 0) is 5.41 Å². The molecule has 0 spiro atoms. The van der Waals surface area contributed by atoms with Crippen LogP contribution in [0.4, 0.5) is 17.1 Å². The van der Waals surface area contributed by atoms with Crippen molar-refractivity contribution in [1.29, 1.82) is 0 Å². The summed E-state index contributed by atoms with van der Waals surface area (Å²) in [6.07, 6.45) is 0. The molecule has 1 aliphatic carbocycles. The second-order valence-electron chi connectivity index (χ2n) is 14.5. The minimum atomic E-state index is -0.227. The van der Waals surface area contributed by atoms with E-state index in [-0.39, 0.29) is 5.41 Å². The smallest absolute Gasteiger partial charge is 0.0540 e. The van der Waals surface area contributed by atoms with Gasteiger partial charge in [0.2, 0.25) is 0 Å². The lowest BCUT2D eigenvalue weighted by Gasteiger charge is -2.35. The van der Waals surface area contributed by atoms with E-state index in [1.807, 2.05) is 0 Å². The highest BCUT2D eigenvalue weighted by molar-refractivity contribution is 6.08.